The quantitative estimate of drug-likeness (QED) is 0.331. The van der Waals surface area contributed by atoms with Crippen molar-refractivity contribution < 1.29 is 56.4 Å². The van der Waals surface area contributed by atoms with Gasteiger partial charge in [0.25, 0.3) is 0 Å². The minimum Gasteiger partial charge on any atom is -0.542 e. The second kappa shape index (κ2) is 15.1. The Hall–Kier alpha value is -3.30. The topological polar surface area (TPSA) is 101 Å². The van der Waals surface area contributed by atoms with E-state index in [0.717, 1.165) is 6.42 Å². The van der Waals surface area contributed by atoms with Gasteiger partial charge in [-0.2, -0.15) is 26.3 Å². The lowest BCUT2D eigenvalue weighted by Crippen LogP contribution is -3.20. The summed E-state index contributed by atoms with van der Waals surface area (Å²) in [5.74, 6) is 1.04. The summed E-state index contributed by atoms with van der Waals surface area (Å²) in [6.07, 6.45) is -6.93. The van der Waals surface area contributed by atoms with Crippen LogP contribution in [0.5, 0.6) is 0 Å². The van der Waals surface area contributed by atoms with E-state index in [2.05, 4.69) is 66.5 Å². The predicted octanol–water partition coefficient (Wildman–Crippen LogP) is 0.134. The molecule has 1 fully saturated rings. The molecule has 0 amide bonds. The highest BCUT2D eigenvalue weighted by molar-refractivity contribution is 5.83. The smallest absolute Gasteiger partial charge is 0.430 e. The SMILES string of the molecule is CCCCC#CC(c1ccc2ccccc2c1)[NH+]1CC[NH2+]CC1.O=C([O-])C(F)(F)F.O=C([O-])C(F)(F)F. The zero-order valence-electron chi connectivity index (χ0n) is 20.0. The summed E-state index contributed by atoms with van der Waals surface area (Å²) in [7, 11) is 0. The first-order valence-electron chi connectivity index (χ1n) is 11.5. The summed E-state index contributed by atoms with van der Waals surface area (Å²) < 4.78 is 63.1. The van der Waals surface area contributed by atoms with E-state index in [1.165, 1.54) is 55.4 Å². The van der Waals surface area contributed by atoms with Gasteiger partial charge in [-0.15, -0.1) is 0 Å². The van der Waals surface area contributed by atoms with Gasteiger partial charge in [0.2, 0.25) is 0 Å². The van der Waals surface area contributed by atoms with E-state index in [1.54, 1.807) is 4.90 Å². The van der Waals surface area contributed by atoms with Gasteiger partial charge in [0.15, 0.2) is 6.04 Å². The van der Waals surface area contributed by atoms with Crippen LogP contribution in [0.4, 0.5) is 26.3 Å². The van der Waals surface area contributed by atoms with Gasteiger partial charge in [-0.25, -0.2) is 0 Å². The van der Waals surface area contributed by atoms with Crippen molar-refractivity contribution in [1.29, 1.82) is 0 Å². The van der Waals surface area contributed by atoms with Gasteiger partial charge in [-0.3, -0.25) is 0 Å². The Morgan fingerprint density at radius 1 is 0.946 bits per heavy atom. The maximum absolute atomic E-state index is 10.5. The van der Waals surface area contributed by atoms with Crippen molar-refractivity contribution >= 4 is 22.7 Å². The Bertz CT molecular complexity index is 1050. The molecule has 1 atom stereocenters. The van der Waals surface area contributed by atoms with Crippen LogP contribution in [0.25, 0.3) is 10.8 Å². The van der Waals surface area contributed by atoms with E-state index in [0.29, 0.717) is 6.04 Å². The maximum atomic E-state index is 10.5. The third-order valence-electron chi connectivity index (χ3n) is 5.22. The number of hydrogen-bond acceptors (Lipinski definition) is 4. The lowest BCUT2D eigenvalue weighted by molar-refractivity contribution is -0.965. The number of rotatable bonds is 4. The van der Waals surface area contributed by atoms with E-state index in [-0.39, 0.29) is 0 Å². The van der Waals surface area contributed by atoms with Crippen LogP contribution in [-0.4, -0.2) is 50.5 Å². The van der Waals surface area contributed by atoms with Crippen molar-refractivity contribution in [3.63, 3.8) is 0 Å². The molecule has 0 bridgehead atoms. The molecule has 6 nitrogen and oxygen atoms in total. The number of unbranched alkanes of at least 4 members (excludes halogenated alkanes) is 2. The predicted molar refractivity (Wildman–Crippen MR) is 118 cm³/mol. The molecule has 2 aromatic carbocycles. The summed E-state index contributed by atoms with van der Waals surface area (Å²) in [5, 5.41) is 22.6. The molecule has 1 unspecified atom stereocenters. The average Bonchev–Trinajstić information content (AvgIpc) is 2.84. The third kappa shape index (κ3) is 12.0. The van der Waals surface area contributed by atoms with E-state index < -0.39 is 24.3 Å². The molecule has 1 saturated heterocycles. The van der Waals surface area contributed by atoms with Crippen molar-refractivity contribution in [1.82, 2.24) is 0 Å². The Morgan fingerprint density at radius 2 is 1.46 bits per heavy atom. The van der Waals surface area contributed by atoms with Crippen molar-refractivity contribution in [2.75, 3.05) is 26.2 Å². The molecule has 1 aliphatic rings. The fourth-order valence-corrected chi connectivity index (χ4v) is 3.38. The Morgan fingerprint density at radius 3 is 1.95 bits per heavy atom. The molecule has 0 spiro atoms. The van der Waals surface area contributed by atoms with E-state index >= 15 is 0 Å². The first kappa shape index (κ1) is 31.7. The number of hydrogen-bond donors (Lipinski definition) is 2. The number of nitrogens with one attached hydrogen (secondary N) is 1. The number of aliphatic carboxylic acids is 2. The number of piperazine rings is 1. The first-order chi connectivity index (χ1) is 17.3. The number of carbonyl (C=O) groups excluding carboxylic acids is 2. The number of carbonyl (C=O) groups is 2. The summed E-state index contributed by atoms with van der Waals surface area (Å²) >= 11 is 0. The lowest BCUT2D eigenvalue weighted by Gasteiger charge is -2.27. The maximum Gasteiger partial charge on any atom is 0.430 e. The summed E-state index contributed by atoms with van der Waals surface area (Å²) in [4.78, 5) is 19.2. The van der Waals surface area contributed by atoms with Crippen LogP contribution in [0.1, 0.15) is 37.8 Å². The molecule has 12 heteroatoms. The molecule has 37 heavy (non-hydrogen) atoms. The fourth-order valence-electron chi connectivity index (χ4n) is 3.38. The molecular formula is C25H28F6N2O4. The number of carboxylic acid groups (broad SMARTS) is 2. The summed E-state index contributed by atoms with van der Waals surface area (Å²) in [5.41, 5.74) is 1.38. The van der Waals surface area contributed by atoms with Crippen LogP contribution >= 0.6 is 0 Å². The van der Waals surface area contributed by atoms with Gasteiger partial charge < -0.3 is 30.0 Å². The lowest BCUT2D eigenvalue weighted by atomic mass is 10.00. The first-order valence-corrected chi connectivity index (χ1v) is 11.5. The molecule has 0 saturated carbocycles. The molecule has 2 aromatic rings. The van der Waals surface area contributed by atoms with E-state index in [4.69, 9.17) is 19.8 Å². The van der Waals surface area contributed by atoms with Crippen LogP contribution in [0.3, 0.4) is 0 Å². The van der Waals surface area contributed by atoms with Crippen LogP contribution in [-0.2, 0) is 9.59 Å². The largest absolute Gasteiger partial charge is 0.542 e. The highest BCUT2D eigenvalue weighted by Gasteiger charge is 2.29. The van der Waals surface area contributed by atoms with Gasteiger partial charge in [0.05, 0.1) is 0 Å². The fraction of sp³-hybridized carbons (Fsp3) is 0.440. The molecule has 0 aromatic heterocycles. The zero-order valence-corrected chi connectivity index (χ0v) is 20.0. The van der Waals surface area contributed by atoms with Crippen LogP contribution in [0.15, 0.2) is 42.5 Å². The van der Waals surface area contributed by atoms with Crippen molar-refractivity contribution in [2.45, 2.75) is 44.6 Å². The number of fused-ring (bicyclic) bond motifs is 1. The number of alkyl halides is 6. The monoisotopic (exact) mass is 534 g/mol. The van der Waals surface area contributed by atoms with E-state index in [1.807, 2.05) is 0 Å². The second-order valence-electron chi connectivity index (χ2n) is 8.06. The minimum absolute atomic E-state index is 0.324. The normalized spacial score (nSPS) is 14.7. The second-order valence-corrected chi connectivity index (χ2v) is 8.06. The van der Waals surface area contributed by atoms with Gasteiger partial charge >= 0.3 is 12.4 Å². The van der Waals surface area contributed by atoms with Gasteiger partial charge in [-0.1, -0.05) is 55.7 Å². The average molecular weight is 534 g/mol. The molecular weight excluding hydrogens is 506 g/mol. The number of benzene rings is 2. The zero-order chi connectivity index (χ0) is 28.1. The van der Waals surface area contributed by atoms with Gasteiger partial charge in [0, 0.05) is 12.0 Å². The van der Waals surface area contributed by atoms with Crippen molar-refractivity contribution in [3.05, 3.63) is 48.0 Å². The number of carboxylic acids is 2. The van der Waals surface area contributed by atoms with Gasteiger partial charge in [-0.05, 0) is 29.2 Å². The van der Waals surface area contributed by atoms with Crippen molar-refractivity contribution in [2.24, 2.45) is 0 Å². The van der Waals surface area contributed by atoms with Crippen LogP contribution in [0, 0.1) is 11.8 Å². The van der Waals surface area contributed by atoms with Crippen LogP contribution in [0.2, 0.25) is 0 Å². The Balaban J connectivity index is 0.000000404. The third-order valence-corrected chi connectivity index (χ3v) is 5.22. The molecule has 0 radical (unpaired) electrons. The van der Waals surface area contributed by atoms with Gasteiger partial charge in [0.1, 0.15) is 38.1 Å². The summed E-state index contributed by atoms with van der Waals surface area (Å²) in [6, 6.07) is 15.8. The highest BCUT2D eigenvalue weighted by atomic mass is 19.4. The summed E-state index contributed by atoms with van der Waals surface area (Å²) in [6.45, 7) is 7.08. The molecule has 0 aliphatic carbocycles. The minimum atomic E-state index is -5.19. The molecule has 3 N–H and O–H groups in total. The number of halogens is 6. The Labute approximate surface area is 210 Å². The molecule has 3 rings (SSSR count). The highest BCUT2D eigenvalue weighted by Crippen LogP contribution is 2.19. The molecule has 204 valence electrons. The number of quaternary nitrogens is 2. The molecule has 1 aliphatic heterocycles. The number of nitrogens with two attached hydrogens (primary N) is 1. The van der Waals surface area contributed by atoms with Crippen LogP contribution < -0.4 is 20.4 Å². The van der Waals surface area contributed by atoms with Crippen molar-refractivity contribution in [3.8, 4) is 11.8 Å². The van der Waals surface area contributed by atoms with E-state index in [9.17, 15) is 26.3 Å². The molecule has 1 heterocycles. The standard InChI is InChI=1S/C21H26N2.2C2HF3O2/c1-2-3-4-5-10-21(23-15-13-22-14-16-23)20-12-11-18-8-6-7-9-19(18)17-20;2*3-2(4,5)1(6)7/h6-9,11-12,17,21-22H,2-4,13-16H2,1H3;2*(H,6,7). The Kier molecular flexibility index (Phi) is 12.9.